The highest BCUT2D eigenvalue weighted by atomic mass is 32.1. The van der Waals surface area contributed by atoms with Gasteiger partial charge in [0.15, 0.2) is 16.7 Å². The van der Waals surface area contributed by atoms with Crippen LogP contribution in [0.5, 0.6) is 5.75 Å². The third-order valence-electron chi connectivity index (χ3n) is 8.18. The number of carbonyl (C=O) groups is 1. The van der Waals surface area contributed by atoms with Gasteiger partial charge in [0.05, 0.1) is 18.7 Å². The Morgan fingerprint density at radius 3 is 2.87 bits per heavy atom. The minimum atomic E-state index is -0.501. The lowest BCUT2D eigenvalue weighted by Crippen LogP contribution is -2.34. The lowest BCUT2D eigenvalue weighted by molar-refractivity contribution is -0.118. The van der Waals surface area contributed by atoms with Gasteiger partial charge in [0.25, 0.3) is 0 Å². The number of nitrogens with one attached hydrogen (secondary N) is 3. The number of allylic oxidation sites excluding steroid dienone is 3. The van der Waals surface area contributed by atoms with Gasteiger partial charge >= 0.3 is 0 Å². The first kappa shape index (κ1) is 31.3. The number of hydrogen-bond donors (Lipinski definition) is 3. The van der Waals surface area contributed by atoms with Gasteiger partial charge in [-0.05, 0) is 72.4 Å². The molecular weight excluding hydrogens is 608 g/mol. The number of amides is 1. The average Bonchev–Trinajstić information content (AvgIpc) is 3.53. The van der Waals surface area contributed by atoms with Crippen LogP contribution in [0.15, 0.2) is 77.3 Å². The number of rotatable bonds is 11. The fraction of sp³-hybridized carbons (Fsp3) is 0.343. The molecule has 10 heteroatoms. The second-order valence-electron chi connectivity index (χ2n) is 11.9. The minimum Gasteiger partial charge on any atom is -0.486 e. The van der Waals surface area contributed by atoms with E-state index in [2.05, 4.69) is 72.3 Å². The van der Waals surface area contributed by atoms with Crippen LogP contribution in [0.4, 0.5) is 15.8 Å². The first-order valence-corrected chi connectivity index (χ1v) is 16.4. The molecule has 234 valence electrons. The summed E-state index contributed by atoms with van der Waals surface area (Å²) in [5.41, 5.74) is 4.71. The summed E-state index contributed by atoms with van der Waals surface area (Å²) in [6, 6.07) is 15.5. The predicted molar refractivity (Wildman–Crippen MR) is 183 cm³/mol. The SMILES string of the molecule is COC[C@H](C)NCc1cccc(-c2cc3c(s2)C2C(C=N3)C2Oc2ccc(NC(=S)NC(=O)CC3=CCC(C)C=C3)cc2F)c1. The Hall–Kier alpha value is -3.70. The maximum absolute atomic E-state index is 15.1. The fourth-order valence-electron chi connectivity index (χ4n) is 5.68. The van der Waals surface area contributed by atoms with Crippen LogP contribution >= 0.6 is 23.6 Å². The number of ether oxygens (including phenoxy) is 2. The van der Waals surface area contributed by atoms with E-state index >= 15 is 4.39 Å². The van der Waals surface area contributed by atoms with Crippen molar-refractivity contribution in [3.8, 4) is 16.2 Å². The molecule has 45 heavy (non-hydrogen) atoms. The quantitative estimate of drug-likeness (QED) is 0.190. The van der Waals surface area contributed by atoms with Gasteiger partial charge in [-0.15, -0.1) is 11.3 Å². The number of hydrogen-bond acceptors (Lipinski definition) is 7. The molecule has 2 heterocycles. The number of halogens is 1. The molecular formula is C35H37FN4O3S2. The molecule has 3 aromatic rings. The highest BCUT2D eigenvalue weighted by molar-refractivity contribution is 7.80. The lowest BCUT2D eigenvalue weighted by Gasteiger charge is -2.13. The van der Waals surface area contributed by atoms with Gasteiger partial charge in [-0.25, -0.2) is 4.39 Å². The van der Waals surface area contributed by atoms with Crippen molar-refractivity contribution in [1.29, 1.82) is 0 Å². The maximum atomic E-state index is 15.1. The van der Waals surface area contributed by atoms with Crippen molar-refractivity contribution in [2.24, 2.45) is 16.8 Å². The van der Waals surface area contributed by atoms with Crippen LogP contribution < -0.4 is 20.7 Å². The summed E-state index contributed by atoms with van der Waals surface area (Å²) in [6.07, 6.45) is 9.05. The summed E-state index contributed by atoms with van der Waals surface area (Å²) in [6.45, 7) is 5.66. The molecule has 0 spiro atoms. The predicted octanol–water partition coefficient (Wildman–Crippen LogP) is 7.28. The van der Waals surface area contributed by atoms with Gasteiger partial charge in [-0.1, -0.05) is 43.4 Å². The van der Waals surface area contributed by atoms with Crippen molar-refractivity contribution >= 4 is 52.2 Å². The summed E-state index contributed by atoms with van der Waals surface area (Å²) in [4.78, 5) is 19.4. The summed E-state index contributed by atoms with van der Waals surface area (Å²) in [5, 5.41) is 9.17. The summed E-state index contributed by atoms with van der Waals surface area (Å²) in [5.74, 6) is 0.197. The molecule has 1 fully saturated rings. The number of thiophene rings is 1. The zero-order chi connectivity index (χ0) is 31.5. The van der Waals surface area contributed by atoms with Crippen LogP contribution in [-0.2, 0) is 16.1 Å². The maximum Gasteiger partial charge on any atom is 0.230 e. The standard InChI is InChI=1S/C35H37FN4O3S2/c1-20-7-9-22(10-8-20)14-31(41)40-35(44)39-25-11-12-29(27(36)15-25)43-33-26-18-38-28-16-30(45-34(28)32(26)33)24-6-4-5-23(13-24)17-37-21(2)19-42-3/h4-7,9-13,15-16,18,20-21,26,32-33,37H,8,14,17,19H2,1-3H3,(H2,39,40,41,44)/t20?,21-,26?,32?,33?/m0/s1. The number of nitrogens with zero attached hydrogens (tertiary/aromatic N) is 1. The molecule has 6 rings (SSSR count). The lowest BCUT2D eigenvalue weighted by atomic mass is 9.97. The van der Waals surface area contributed by atoms with Crippen LogP contribution in [0.1, 0.15) is 43.0 Å². The van der Waals surface area contributed by atoms with Crippen LogP contribution in [0, 0.1) is 17.7 Å². The van der Waals surface area contributed by atoms with E-state index in [-0.39, 0.29) is 47.2 Å². The normalized spacial score (nSPS) is 21.7. The van der Waals surface area contributed by atoms with Gasteiger partial charge < -0.3 is 25.4 Å². The van der Waals surface area contributed by atoms with Crippen LogP contribution in [0.2, 0.25) is 0 Å². The molecule has 2 aliphatic carbocycles. The zero-order valence-electron chi connectivity index (χ0n) is 25.5. The molecule has 2 aromatic carbocycles. The van der Waals surface area contributed by atoms with Gasteiger partial charge in [0, 0.05) is 59.3 Å². The Morgan fingerprint density at radius 2 is 2.09 bits per heavy atom. The Labute approximate surface area is 272 Å². The molecule has 3 aliphatic rings. The van der Waals surface area contributed by atoms with E-state index in [1.807, 2.05) is 12.3 Å². The number of methoxy groups -OCH3 is 1. The molecule has 1 aliphatic heterocycles. The molecule has 1 amide bonds. The minimum absolute atomic E-state index is 0.110. The number of benzene rings is 2. The highest BCUT2D eigenvalue weighted by Gasteiger charge is 2.56. The molecule has 0 radical (unpaired) electrons. The van der Waals surface area contributed by atoms with E-state index in [0.717, 1.165) is 34.7 Å². The number of anilines is 1. The second kappa shape index (κ2) is 13.7. The zero-order valence-corrected chi connectivity index (χ0v) is 27.1. The highest BCUT2D eigenvalue weighted by Crippen LogP contribution is 2.58. The van der Waals surface area contributed by atoms with Gasteiger partial charge in [-0.2, -0.15) is 0 Å². The molecule has 0 bridgehead atoms. The summed E-state index contributed by atoms with van der Waals surface area (Å²) >= 11 is 7.01. The van der Waals surface area contributed by atoms with Crippen molar-refractivity contribution in [2.75, 3.05) is 19.0 Å². The van der Waals surface area contributed by atoms with Gasteiger partial charge in [-0.3, -0.25) is 9.79 Å². The molecule has 7 nitrogen and oxygen atoms in total. The average molecular weight is 645 g/mol. The second-order valence-corrected chi connectivity index (χ2v) is 13.4. The van der Waals surface area contributed by atoms with Crippen LogP contribution in [0.25, 0.3) is 10.4 Å². The first-order valence-electron chi connectivity index (χ1n) is 15.2. The third-order valence-corrected chi connectivity index (χ3v) is 9.66. The van der Waals surface area contributed by atoms with E-state index in [1.54, 1.807) is 30.6 Å². The summed E-state index contributed by atoms with van der Waals surface area (Å²) in [7, 11) is 1.71. The van der Waals surface area contributed by atoms with Crippen LogP contribution in [-0.4, -0.2) is 43.1 Å². The van der Waals surface area contributed by atoms with Gasteiger partial charge in [0.2, 0.25) is 5.91 Å². The Kier molecular flexibility index (Phi) is 9.56. The summed E-state index contributed by atoms with van der Waals surface area (Å²) < 4.78 is 26.5. The third kappa shape index (κ3) is 7.58. The first-order chi connectivity index (χ1) is 21.8. The van der Waals surface area contributed by atoms with Crippen molar-refractivity contribution < 1.29 is 18.7 Å². The van der Waals surface area contributed by atoms with Crippen LogP contribution in [0.3, 0.4) is 0 Å². The largest absolute Gasteiger partial charge is 0.486 e. The monoisotopic (exact) mass is 644 g/mol. The number of thiocarbonyl (C=S) groups is 1. The van der Waals surface area contributed by atoms with Gasteiger partial charge in [0.1, 0.15) is 6.10 Å². The smallest absolute Gasteiger partial charge is 0.230 e. The van der Waals surface area contributed by atoms with E-state index in [0.29, 0.717) is 18.2 Å². The molecule has 1 aromatic heterocycles. The number of carbonyl (C=O) groups excluding carboxylic acids is 1. The van der Waals surface area contributed by atoms with Crippen molar-refractivity contribution in [3.63, 3.8) is 0 Å². The molecule has 0 saturated heterocycles. The Morgan fingerprint density at radius 1 is 1.22 bits per heavy atom. The number of fused-ring (bicyclic) bond motifs is 3. The molecule has 3 N–H and O–H groups in total. The van der Waals surface area contributed by atoms with E-state index in [9.17, 15) is 4.79 Å². The Balaban J connectivity index is 1.04. The van der Waals surface area contributed by atoms with E-state index in [1.165, 1.54) is 16.5 Å². The van der Waals surface area contributed by atoms with E-state index < -0.39 is 5.82 Å². The van der Waals surface area contributed by atoms with Crippen molar-refractivity contribution in [1.82, 2.24) is 10.6 Å². The molecule has 4 unspecified atom stereocenters. The topological polar surface area (TPSA) is 84.0 Å². The molecule has 1 saturated carbocycles. The van der Waals surface area contributed by atoms with Crippen molar-refractivity contribution in [2.45, 2.75) is 51.3 Å². The fourth-order valence-corrected chi connectivity index (χ4v) is 7.21. The Bertz CT molecular complexity index is 1680. The molecule has 5 atom stereocenters. The van der Waals surface area contributed by atoms with Crippen molar-refractivity contribution in [3.05, 3.63) is 88.6 Å². The van der Waals surface area contributed by atoms with E-state index in [4.69, 9.17) is 26.7 Å². The number of aliphatic imine (C=N–C) groups is 1.